The van der Waals surface area contributed by atoms with Crippen LogP contribution in [0.3, 0.4) is 0 Å². The van der Waals surface area contributed by atoms with Crippen LogP contribution in [0.25, 0.3) is 43.9 Å². The number of hydrogen-bond donors (Lipinski definition) is 1. The summed E-state index contributed by atoms with van der Waals surface area (Å²) < 4.78 is 30.2. The first-order valence-corrected chi connectivity index (χ1v) is 19.7. The summed E-state index contributed by atoms with van der Waals surface area (Å²) in [5.41, 5.74) is 6.91. The molecule has 0 fully saturated rings. The molecular weight excluding hydrogens is 717 g/mol. The second kappa shape index (κ2) is 23.7. The molecule has 57 heavy (non-hydrogen) atoms. The first kappa shape index (κ1) is 42.8. The molecular formula is C46H58N6O5. The normalized spacial score (nSPS) is 11.0. The van der Waals surface area contributed by atoms with E-state index in [1.54, 1.807) is 34.6 Å². The molecule has 7 aromatic heterocycles. The predicted octanol–water partition coefficient (Wildman–Crippen LogP) is 9.61. The minimum atomic E-state index is 0.798. The topological polar surface area (TPSA) is 114 Å². The number of fused-ring (bicyclic) bond motifs is 4. The average Bonchev–Trinajstić information content (AvgIpc) is 4.04. The van der Waals surface area contributed by atoms with Crippen molar-refractivity contribution in [3.8, 4) is 0 Å². The molecule has 8 aromatic rings. The molecule has 0 amide bonds. The van der Waals surface area contributed by atoms with E-state index in [2.05, 4.69) is 77.9 Å². The molecule has 0 radical (unpaired) electrons. The quantitative estimate of drug-likeness (QED) is 0.0966. The van der Waals surface area contributed by atoms with Gasteiger partial charge in [-0.05, 0) is 99.5 Å². The molecule has 0 spiro atoms. The van der Waals surface area contributed by atoms with Crippen LogP contribution in [-0.2, 0) is 44.9 Å². The highest BCUT2D eigenvalue weighted by Gasteiger charge is 2.09. The lowest BCUT2D eigenvalue weighted by Crippen LogP contribution is -2.00. The highest BCUT2D eigenvalue weighted by atomic mass is 16.5. The van der Waals surface area contributed by atoms with Crippen molar-refractivity contribution in [2.75, 3.05) is 54.9 Å². The number of hydrogen-bond acceptors (Lipinski definition) is 8. The third-order valence-corrected chi connectivity index (χ3v) is 9.60. The summed E-state index contributed by atoms with van der Waals surface area (Å²) in [5.74, 6) is 1.03. The Kier molecular flexibility index (Phi) is 17.8. The van der Waals surface area contributed by atoms with E-state index in [9.17, 15) is 0 Å². The fourth-order valence-corrected chi connectivity index (χ4v) is 6.75. The highest BCUT2D eigenvalue weighted by molar-refractivity contribution is 5.82. The number of methoxy groups -OCH3 is 4. The zero-order valence-corrected chi connectivity index (χ0v) is 34.2. The van der Waals surface area contributed by atoms with Gasteiger partial charge in [-0.3, -0.25) is 4.98 Å². The van der Waals surface area contributed by atoms with E-state index >= 15 is 0 Å². The number of nitrogens with one attached hydrogen (secondary N) is 1. The molecule has 302 valence electrons. The predicted molar refractivity (Wildman–Crippen MR) is 230 cm³/mol. The maximum atomic E-state index is 5.69. The summed E-state index contributed by atoms with van der Waals surface area (Å²) in [7, 11) is 6.93. The molecule has 11 heteroatoms. The lowest BCUT2D eigenvalue weighted by Gasteiger charge is -2.03. The van der Waals surface area contributed by atoms with Crippen molar-refractivity contribution < 1.29 is 23.4 Å². The highest BCUT2D eigenvalue weighted by Crippen LogP contribution is 2.26. The van der Waals surface area contributed by atoms with Crippen molar-refractivity contribution in [1.82, 2.24) is 29.1 Å². The monoisotopic (exact) mass is 774 g/mol. The number of aryl methyl sites for hydroxylation is 5. The van der Waals surface area contributed by atoms with Crippen LogP contribution >= 0.6 is 0 Å². The number of benzene rings is 1. The average molecular weight is 775 g/mol. The second-order valence-electron chi connectivity index (χ2n) is 13.6. The number of para-hydroxylation sites is 1. The largest absolute Gasteiger partial charge is 0.461 e. The minimum absolute atomic E-state index is 0.798. The molecule has 0 bridgehead atoms. The Hall–Kier alpha value is -5.33. The lowest BCUT2D eigenvalue weighted by atomic mass is 10.1. The Balaban J connectivity index is 0.000000145. The van der Waals surface area contributed by atoms with E-state index in [0.29, 0.717) is 0 Å². The molecule has 0 unspecified atom stereocenters. The smallest absolute Gasteiger partial charge is 0.139 e. The number of aromatic amines is 1. The standard InChI is InChI=1S/C13H16O2.3C11H14N2O/c1-10-11(7-5-9-14-2)12-6-3-4-8-13(12)15-10;1-14-8-2-6-13-7-4-10-9-12-5-3-11(10)13;1-14-7-3-4-9-8-13-11-10(9)5-2-6-12-11;1-14-9-3-7-13-8-5-10-4-2-6-12-11(10)13/h3-4,6,8H,5,7,9H2,1-2H3;3-5,7,9H,2,6,8H2,1H3;2,5-6,8H,3-4,7H2,1H3,(H,12,13);2,4-6,8H,3,7,9H2,1H3. The van der Waals surface area contributed by atoms with Crippen molar-refractivity contribution in [1.29, 1.82) is 0 Å². The number of nitrogens with zero attached hydrogens (tertiary/aromatic N) is 5. The van der Waals surface area contributed by atoms with Crippen LogP contribution in [0.1, 0.15) is 42.6 Å². The van der Waals surface area contributed by atoms with Crippen LogP contribution in [-0.4, -0.2) is 83.9 Å². The fraction of sp³-hybridized carbons (Fsp3) is 0.370. The molecule has 8 rings (SSSR count). The maximum absolute atomic E-state index is 5.69. The zero-order valence-electron chi connectivity index (χ0n) is 34.2. The van der Waals surface area contributed by atoms with Gasteiger partial charge in [0.05, 0.1) is 5.52 Å². The minimum Gasteiger partial charge on any atom is -0.461 e. The summed E-state index contributed by atoms with van der Waals surface area (Å²) in [6.07, 6.45) is 19.8. The van der Waals surface area contributed by atoms with E-state index in [1.807, 2.05) is 62.0 Å². The molecule has 0 aliphatic carbocycles. The van der Waals surface area contributed by atoms with Crippen LogP contribution in [0, 0.1) is 6.92 Å². The van der Waals surface area contributed by atoms with Gasteiger partial charge in [-0.1, -0.05) is 18.2 Å². The van der Waals surface area contributed by atoms with Crippen LogP contribution < -0.4 is 0 Å². The van der Waals surface area contributed by atoms with Gasteiger partial charge in [-0.15, -0.1) is 0 Å². The van der Waals surface area contributed by atoms with Crippen molar-refractivity contribution in [3.05, 3.63) is 127 Å². The Labute approximate surface area is 336 Å². The van der Waals surface area contributed by atoms with Gasteiger partial charge >= 0.3 is 0 Å². The second-order valence-corrected chi connectivity index (χ2v) is 13.6. The first-order chi connectivity index (χ1) is 28.1. The number of furan rings is 1. The van der Waals surface area contributed by atoms with Crippen LogP contribution in [0.15, 0.2) is 115 Å². The number of H-pyrrole nitrogens is 1. The van der Waals surface area contributed by atoms with Gasteiger partial charge in [0, 0.05) is 138 Å². The Morgan fingerprint density at radius 1 is 0.632 bits per heavy atom. The van der Waals surface area contributed by atoms with E-state index in [0.717, 1.165) is 101 Å². The number of rotatable bonds is 16. The lowest BCUT2D eigenvalue weighted by molar-refractivity contribution is 0.190. The van der Waals surface area contributed by atoms with Crippen molar-refractivity contribution in [3.63, 3.8) is 0 Å². The number of aromatic nitrogens is 6. The van der Waals surface area contributed by atoms with Crippen molar-refractivity contribution >= 4 is 43.9 Å². The number of ether oxygens (including phenoxy) is 4. The van der Waals surface area contributed by atoms with Gasteiger partial charge in [-0.25, -0.2) is 9.97 Å². The molecule has 1 aromatic carbocycles. The fourth-order valence-electron chi connectivity index (χ4n) is 6.75. The molecule has 1 N–H and O–H groups in total. The van der Waals surface area contributed by atoms with E-state index in [4.69, 9.17) is 23.4 Å². The third kappa shape index (κ3) is 12.6. The Morgan fingerprint density at radius 3 is 2.07 bits per heavy atom. The summed E-state index contributed by atoms with van der Waals surface area (Å²) in [5, 5.41) is 4.87. The Bertz CT molecular complexity index is 2130. The third-order valence-electron chi connectivity index (χ3n) is 9.60. The molecule has 0 atom stereocenters. The molecule has 0 aliphatic rings. The molecule has 0 saturated heterocycles. The van der Waals surface area contributed by atoms with E-state index < -0.39 is 0 Å². The van der Waals surface area contributed by atoms with Crippen LogP contribution in [0.4, 0.5) is 0 Å². The summed E-state index contributed by atoms with van der Waals surface area (Å²) in [4.78, 5) is 15.8. The van der Waals surface area contributed by atoms with Crippen LogP contribution in [0.5, 0.6) is 0 Å². The number of pyridine rings is 3. The maximum Gasteiger partial charge on any atom is 0.139 e. The van der Waals surface area contributed by atoms with E-state index in [1.165, 1.54) is 38.2 Å². The van der Waals surface area contributed by atoms with Crippen molar-refractivity contribution in [2.45, 2.75) is 58.5 Å². The SMILES string of the molecule is COCCCc1c(C)oc2ccccc12.COCCCc1c[nH]c2ncccc12.COCCCn1ccc2cccnc21.COCCCn1ccc2cnccc21. The van der Waals surface area contributed by atoms with Gasteiger partial charge in [0.2, 0.25) is 0 Å². The molecule has 7 heterocycles. The van der Waals surface area contributed by atoms with Crippen LogP contribution in [0.2, 0.25) is 0 Å². The summed E-state index contributed by atoms with van der Waals surface area (Å²) >= 11 is 0. The summed E-state index contributed by atoms with van der Waals surface area (Å²) in [6, 6.07) is 22.5. The van der Waals surface area contributed by atoms with Gasteiger partial charge in [0.15, 0.2) is 0 Å². The van der Waals surface area contributed by atoms with Gasteiger partial charge < -0.3 is 37.5 Å². The van der Waals surface area contributed by atoms with E-state index in [-0.39, 0.29) is 0 Å². The van der Waals surface area contributed by atoms with Gasteiger partial charge in [-0.2, -0.15) is 0 Å². The summed E-state index contributed by atoms with van der Waals surface area (Å²) in [6.45, 7) is 7.22. The Morgan fingerprint density at radius 2 is 1.28 bits per heavy atom. The van der Waals surface area contributed by atoms with Crippen molar-refractivity contribution in [2.24, 2.45) is 0 Å². The first-order valence-electron chi connectivity index (χ1n) is 19.7. The zero-order chi connectivity index (χ0) is 40.1. The molecule has 11 nitrogen and oxygen atoms in total. The van der Waals surface area contributed by atoms with Gasteiger partial charge in [0.1, 0.15) is 22.6 Å². The van der Waals surface area contributed by atoms with Gasteiger partial charge in [0.25, 0.3) is 0 Å². The molecule has 0 aliphatic heterocycles. The molecule has 0 saturated carbocycles.